The van der Waals surface area contributed by atoms with Gasteiger partial charge in [-0.2, -0.15) is 0 Å². The van der Waals surface area contributed by atoms with E-state index in [1.165, 1.54) is 26.3 Å². The van der Waals surface area contributed by atoms with Gasteiger partial charge in [-0.15, -0.1) is 0 Å². The maximum Gasteiger partial charge on any atom is 0.303 e. The van der Waals surface area contributed by atoms with Gasteiger partial charge in [0, 0.05) is 38.5 Å². The lowest BCUT2D eigenvalue weighted by molar-refractivity contribution is -0.191. The van der Waals surface area contributed by atoms with Gasteiger partial charge in [0.2, 0.25) is 0 Å². The highest BCUT2D eigenvalue weighted by molar-refractivity contribution is 5.67. The number of hydrogen-bond donors (Lipinski definition) is 0. The van der Waals surface area contributed by atoms with E-state index in [1.807, 2.05) is 33.8 Å². The molecule has 0 spiro atoms. The van der Waals surface area contributed by atoms with Crippen LogP contribution in [0.5, 0.6) is 0 Å². The summed E-state index contributed by atoms with van der Waals surface area (Å²) in [4.78, 5) is 36.2. The molecule has 7 nitrogen and oxygen atoms in total. The zero-order chi connectivity index (χ0) is 24.7. The zero-order valence-electron chi connectivity index (χ0n) is 21.1. The standard InChI is InChI=1S/C26H38O7/c1-14-10-9-11-26(8,33-18(5)29)24-22-21(19(12-14)31-24)15(2)13-20(30-16(3)27)23(22)25(6,7)32-17(4)28/h10,13,19-24H,9,11-12H2,1-8H3/b14-10+/t19-,20-,21-,22+,23+,24-,26-/m1/s1. The van der Waals surface area contributed by atoms with Crippen LogP contribution in [0.3, 0.4) is 0 Å². The minimum absolute atomic E-state index is 0.0120. The Bertz CT molecular complexity index is 870. The lowest BCUT2D eigenvalue weighted by Gasteiger charge is -2.49. The molecule has 33 heavy (non-hydrogen) atoms. The predicted octanol–water partition coefficient (Wildman–Crippen LogP) is 4.29. The molecule has 7 heteroatoms. The number of allylic oxidation sites excluding steroid dienone is 1. The first kappa shape index (κ1) is 25.5. The molecule has 0 unspecified atom stereocenters. The molecule has 1 saturated heterocycles. The largest absolute Gasteiger partial charge is 0.459 e. The summed E-state index contributed by atoms with van der Waals surface area (Å²) in [6.45, 7) is 13.9. The summed E-state index contributed by atoms with van der Waals surface area (Å²) in [6.07, 6.45) is 5.15. The van der Waals surface area contributed by atoms with Crippen molar-refractivity contribution in [1.29, 1.82) is 0 Å². The minimum atomic E-state index is -0.950. The highest BCUT2D eigenvalue weighted by Crippen LogP contribution is 2.55. The van der Waals surface area contributed by atoms with Crippen LogP contribution >= 0.6 is 0 Å². The summed E-state index contributed by atoms with van der Waals surface area (Å²) < 4.78 is 24.3. The van der Waals surface area contributed by atoms with E-state index in [0.717, 1.165) is 18.4 Å². The van der Waals surface area contributed by atoms with E-state index in [2.05, 4.69) is 13.0 Å². The number of rotatable bonds is 4. The lowest BCUT2D eigenvalue weighted by atomic mass is 9.60. The summed E-state index contributed by atoms with van der Waals surface area (Å²) in [5, 5.41) is 0. The molecule has 184 valence electrons. The van der Waals surface area contributed by atoms with Gasteiger partial charge < -0.3 is 18.9 Å². The summed E-state index contributed by atoms with van der Waals surface area (Å²) in [7, 11) is 0. The molecule has 3 aliphatic rings. The van der Waals surface area contributed by atoms with Crippen molar-refractivity contribution in [2.45, 2.75) is 104 Å². The molecular weight excluding hydrogens is 424 g/mol. The van der Waals surface area contributed by atoms with Crippen LogP contribution in [-0.2, 0) is 33.3 Å². The third-order valence-corrected chi connectivity index (χ3v) is 7.35. The lowest BCUT2D eigenvalue weighted by Crippen LogP contribution is -2.57. The van der Waals surface area contributed by atoms with Crippen molar-refractivity contribution in [2.75, 3.05) is 0 Å². The second kappa shape index (κ2) is 9.24. The molecule has 2 heterocycles. The second-order valence-electron chi connectivity index (χ2n) is 10.6. The van der Waals surface area contributed by atoms with Crippen LogP contribution in [0.1, 0.15) is 74.7 Å². The van der Waals surface area contributed by atoms with Gasteiger partial charge in [-0.05, 0) is 60.0 Å². The van der Waals surface area contributed by atoms with Crippen LogP contribution < -0.4 is 0 Å². The second-order valence-corrected chi connectivity index (χ2v) is 10.6. The molecule has 1 aliphatic carbocycles. The fraction of sp³-hybridized carbons (Fsp3) is 0.731. The highest BCUT2D eigenvalue weighted by Gasteiger charge is 2.62. The Morgan fingerprint density at radius 3 is 2.33 bits per heavy atom. The molecule has 0 N–H and O–H groups in total. The van der Waals surface area contributed by atoms with Crippen molar-refractivity contribution in [3.05, 3.63) is 23.3 Å². The molecule has 1 fully saturated rings. The molecule has 0 aromatic heterocycles. The topological polar surface area (TPSA) is 88.1 Å². The van der Waals surface area contributed by atoms with Crippen LogP contribution in [0.4, 0.5) is 0 Å². The molecule has 2 bridgehead atoms. The van der Waals surface area contributed by atoms with Gasteiger partial charge in [0.05, 0.1) is 6.10 Å². The van der Waals surface area contributed by atoms with Gasteiger partial charge in [0.25, 0.3) is 0 Å². The van der Waals surface area contributed by atoms with Gasteiger partial charge in [0.1, 0.15) is 23.4 Å². The number of carbonyl (C=O) groups excluding carboxylic acids is 3. The third-order valence-electron chi connectivity index (χ3n) is 7.35. The first-order valence-corrected chi connectivity index (χ1v) is 11.8. The number of hydrogen-bond acceptors (Lipinski definition) is 7. The van der Waals surface area contributed by atoms with E-state index in [1.54, 1.807) is 0 Å². The van der Waals surface area contributed by atoms with Gasteiger partial charge in [-0.3, -0.25) is 14.4 Å². The van der Waals surface area contributed by atoms with Crippen LogP contribution in [0.2, 0.25) is 0 Å². The van der Waals surface area contributed by atoms with Crippen LogP contribution in [0, 0.1) is 17.8 Å². The van der Waals surface area contributed by atoms with Gasteiger partial charge in [-0.1, -0.05) is 17.2 Å². The third kappa shape index (κ3) is 5.18. The molecule has 0 aromatic rings. The van der Waals surface area contributed by atoms with Crippen molar-refractivity contribution < 1.29 is 33.3 Å². The van der Waals surface area contributed by atoms with Crippen LogP contribution in [0.15, 0.2) is 23.3 Å². The Balaban J connectivity index is 2.20. The summed E-state index contributed by atoms with van der Waals surface area (Å²) in [5.41, 5.74) is 0.479. The maximum atomic E-state index is 12.2. The van der Waals surface area contributed by atoms with Crippen LogP contribution in [-0.4, -0.2) is 47.4 Å². The SMILES string of the molecule is CC(=O)O[C@@H]1C=C(C)[C@H]2[C@@H]([C@H]1C(C)(C)OC(C)=O)[C@H]1O[C@@H]2C/C(C)=C/CC[C@@]1(C)OC(C)=O. The van der Waals surface area contributed by atoms with E-state index in [9.17, 15) is 14.4 Å². The Morgan fingerprint density at radius 2 is 1.76 bits per heavy atom. The van der Waals surface area contributed by atoms with Crippen molar-refractivity contribution in [3.8, 4) is 0 Å². The first-order valence-electron chi connectivity index (χ1n) is 11.8. The molecule has 7 atom stereocenters. The average Bonchev–Trinajstić information content (AvgIpc) is 3.00. The normalized spacial score (nSPS) is 37.8. The molecule has 0 saturated carbocycles. The molecular formula is C26H38O7. The molecule has 2 aliphatic heterocycles. The Morgan fingerprint density at radius 1 is 1.09 bits per heavy atom. The van der Waals surface area contributed by atoms with Gasteiger partial charge in [0.15, 0.2) is 0 Å². The fourth-order valence-electron chi connectivity index (χ4n) is 6.41. The van der Waals surface area contributed by atoms with Crippen LogP contribution in [0.25, 0.3) is 0 Å². The quantitative estimate of drug-likeness (QED) is 0.350. The van der Waals surface area contributed by atoms with Crippen molar-refractivity contribution in [3.63, 3.8) is 0 Å². The van der Waals surface area contributed by atoms with E-state index < -0.39 is 35.3 Å². The zero-order valence-corrected chi connectivity index (χ0v) is 21.1. The van der Waals surface area contributed by atoms with Gasteiger partial charge in [-0.25, -0.2) is 0 Å². The van der Waals surface area contributed by atoms with E-state index in [-0.39, 0.29) is 29.8 Å². The van der Waals surface area contributed by atoms with Crippen molar-refractivity contribution in [2.24, 2.45) is 17.8 Å². The van der Waals surface area contributed by atoms with E-state index in [0.29, 0.717) is 6.42 Å². The predicted molar refractivity (Wildman–Crippen MR) is 122 cm³/mol. The highest BCUT2D eigenvalue weighted by atomic mass is 16.6. The summed E-state index contributed by atoms with van der Waals surface area (Å²) in [6, 6.07) is 0. The average molecular weight is 463 g/mol. The smallest absolute Gasteiger partial charge is 0.303 e. The van der Waals surface area contributed by atoms with Gasteiger partial charge >= 0.3 is 17.9 Å². The molecule has 0 radical (unpaired) electrons. The summed E-state index contributed by atoms with van der Waals surface area (Å²) in [5.74, 6) is -1.73. The minimum Gasteiger partial charge on any atom is -0.459 e. The molecule has 0 aromatic carbocycles. The number of carbonyl (C=O) groups is 3. The molecule has 0 amide bonds. The first-order chi connectivity index (χ1) is 15.2. The Hall–Kier alpha value is -2.15. The monoisotopic (exact) mass is 462 g/mol. The van der Waals surface area contributed by atoms with Crippen molar-refractivity contribution in [1.82, 2.24) is 0 Å². The number of ether oxygens (including phenoxy) is 4. The molecule has 3 rings (SSSR count). The van der Waals surface area contributed by atoms with E-state index in [4.69, 9.17) is 18.9 Å². The van der Waals surface area contributed by atoms with Crippen molar-refractivity contribution >= 4 is 17.9 Å². The Labute approximate surface area is 196 Å². The Kier molecular flexibility index (Phi) is 7.13. The summed E-state index contributed by atoms with van der Waals surface area (Å²) >= 11 is 0. The fourth-order valence-corrected chi connectivity index (χ4v) is 6.41. The maximum absolute atomic E-state index is 12.2. The van der Waals surface area contributed by atoms with E-state index >= 15 is 0 Å². The number of esters is 3. The number of fused-ring (bicyclic) bond motifs is 5.